The van der Waals surface area contributed by atoms with Crippen molar-refractivity contribution < 1.29 is 8.83 Å². The molecule has 0 saturated carbocycles. The van der Waals surface area contributed by atoms with Crippen molar-refractivity contribution in [2.75, 3.05) is 5.84 Å². The van der Waals surface area contributed by atoms with Gasteiger partial charge in [0.25, 0.3) is 0 Å². The third-order valence-corrected chi connectivity index (χ3v) is 5.02. The first-order valence-electron chi connectivity index (χ1n) is 7.77. The molecule has 0 amide bonds. The van der Waals surface area contributed by atoms with Gasteiger partial charge in [0.15, 0.2) is 16.4 Å². The van der Waals surface area contributed by atoms with Gasteiger partial charge in [-0.3, -0.25) is 0 Å². The number of nitrogens with two attached hydrogens (primary N) is 1. The number of aryl methyl sites for hydroxylation is 1. The average molecular weight is 364 g/mol. The van der Waals surface area contributed by atoms with Crippen LogP contribution >= 0.6 is 11.8 Å². The Hall–Kier alpha value is -3.33. The van der Waals surface area contributed by atoms with E-state index in [9.17, 15) is 0 Å². The highest BCUT2D eigenvalue weighted by molar-refractivity contribution is 7.99. The van der Waals surface area contributed by atoms with E-state index in [4.69, 9.17) is 14.7 Å². The molecule has 0 unspecified atom stereocenters. The molecule has 4 heterocycles. The lowest BCUT2D eigenvalue weighted by Crippen LogP contribution is -2.11. The Bertz CT molecular complexity index is 1250. The molecular weight excluding hydrogens is 352 g/mol. The van der Waals surface area contributed by atoms with Crippen molar-refractivity contribution in [3.63, 3.8) is 0 Å². The molecule has 128 valence electrons. The van der Waals surface area contributed by atoms with Gasteiger partial charge in [0.2, 0.25) is 5.16 Å². The number of nitrogen functional groups attached to an aromatic ring is 1. The van der Waals surface area contributed by atoms with Gasteiger partial charge in [-0.1, -0.05) is 12.1 Å². The lowest BCUT2D eigenvalue weighted by Gasteiger charge is -2.02. The van der Waals surface area contributed by atoms with Gasteiger partial charge in [-0.2, -0.15) is 0 Å². The van der Waals surface area contributed by atoms with Crippen molar-refractivity contribution in [2.24, 2.45) is 0 Å². The van der Waals surface area contributed by atoms with Crippen molar-refractivity contribution in [3.05, 3.63) is 48.7 Å². The fourth-order valence-corrected chi connectivity index (χ4v) is 3.58. The number of hydrogen-bond donors (Lipinski definition) is 1. The molecule has 5 rings (SSSR count). The predicted molar refractivity (Wildman–Crippen MR) is 96.0 cm³/mol. The van der Waals surface area contributed by atoms with Crippen LogP contribution in [0.3, 0.4) is 0 Å². The molecule has 9 heteroatoms. The van der Waals surface area contributed by atoms with Crippen LogP contribution < -0.4 is 5.84 Å². The summed E-state index contributed by atoms with van der Waals surface area (Å²) in [6.07, 6.45) is 3.10. The summed E-state index contributed by atoms with van der Waals surface area (Å²) < 4.78 is 12.7. The zero-order valence-corrected chi connectivity index (χ0v) is 14.4. The zero-order chi connectivity index (χ0) is 17.7. The van der Waals surface area contributed by atoms with E-state index < -0.39 is 0 Å². The van der Waals surface area contributed by atoms with Gasteiger partial charge in [0.1, 0.15) is 23.2 Å². The lowest BCUT2D eigenvalue weighted by atomic mass is 10.2. The second kappa shape index (κ2) is 5.60. The van der Waals surface area contributed by atoms with Crippen LogP contribution in [0.4, 0.5) is 0 Å². The zero-order valence-electron chi connectivity index (χ0n) is 13.6. The van der Waals surface area contributed by atoms with E-state index in [1.807, 2.05) is 31.2 Å². The Balaban J connectivity index is 1.60. The third kappa shape index (κ3) is 2.17. The Kier molecular flexibility index (Phi) is 3.22. The van der Waals surface area contributed by atoms with E-state index >= 15 is 0 Å². The molecule has 0 aliphatic heterocycles. The van der Waals surface area contributed by atoms with E-state index in [-0.39, 0.29) is 0 Å². The highest BCUT2D eigenvalue weighted by atomic mass is 32.2. The molecule has 0 atom stereocenters. The number of aromatic nitrogens is 5. The molecule has 1 aromatic carbocycles. The predicted octanol–water partition coefficient (Wildman–Crippen LogP) is 3.40. The van der Waals surface area contributed by atoms with E-state index in [1.54, 1.807) is 12.3 Å². The average Bonchev–Trinajstić information content (AvgIpc) is 3.33. The fourth-order valence-electron chi connectivity index (χ4n) is 2.81. The van der Waals surface area contributed by atoms with Crippen LogP contribution in [-0.4, -0.2) is 24.8 Å². The van der Waals surface area contributed by atoms with Crippen molar-refractivity contribution in [3.8, 4) is 11.4 Å². The monoisotopic (exact) mass is 364 g/mol. The Morgan fingerprint density at radius 1 is 1.12 bits per heavy atom. The van der Waals surface area contributed by atoms with Crippen LogP contribution in [0.2, 0.25) is 0 Å². The summed E-state index contributed by atoms with van der Waals surface area (Å²) in [5, 5.41) is 10.4. The maximum atomic E-state index is 6.19. The maximum Gasteiger partial charge on any atom is 0.216 e. The van der Waals surface area contributed by atoms with Gasteiger partial charge in [-0.05, 0) is 36.9 Å². The molecule has 0 aliphatic rings. The number of benzene rings is 1. The van der Waals surface area contributed by atoms with Crippen LogP contribution in [0.1, 0.15) is 5.76 Å². The minimum Gasteiger partial charge on any atom is -0.469 e. The van der Waals surface area contributed by atoms with Crippen LogP contribution in [0.15, 0.2) is 61.9 Å². The van der Waals surface area contributed by atoms with E-state index in [2.05, 4.69) is 20.2 Å². The van der Waals surface area contributed by atoms with Gasteiger partial charge < -0.3 is 14.7 Å². The van der Waals surface area contributed by atoms with Gasteiger partial charge >= 0.3 is 0 Å². The van der Waals surface area contributed by atoms with E-state index in [1.165, 1.54) is 22.8 Å². The number of hydrogen-bond acceptors (Lipinski definition) is 8. The normalized spacial score (nSPS) is 11.6. The lowest BCUT2D eigenvalue weighted by molar-refractivity contribution is 0.535. The van der Waals surface area contributed by atoms with E-state index in [0.717, 1.165) is 27.8 Å². The summed E-state index contributed by atoms with van der Waals surface area (Å²) in [6, 6.07) is 9.53. The number of nitrogens with zero attached hydrogens (tertiary/aromatic N) is 5. The van der Waals surface area contributed by atoms with Gasteiger partial charge in [0, 0.05) is 5.39 Å². The molecule has 0 bridgehead atoms. The Labute approximate surface area is 151 Å². The molecule has 8 nitrogen and oxygen atoms in total. The van der Waals surface area contributed by atoms with Crippen LogP contribution in [0, 0.1) is 6.92 Å². The van der Waals surface area contributed by atoms with Gasteiger partial charge in [-0.25, -0.2) is 14.6 Å². The highest BCUT2D eigenvalue weighted by Crippen LogP contribution is 2.35. The summed E-state index contributed by atoms with van der Waals surface area (Å²) >= 11 is 1.27. The molecule has 0 aliphatic carbocycles. The van der Waals surface area contributed by atoms with Crippen LogP contribution in [0.25, 0.3) is 33.5 Å². The summed E-state index contributed by atoms with van der Waals surface area (Å²) in [6.45, 7) is 1.85. The second-order valence-electron chi connectivity index (χ2n) is 5.62. The van der Waals surface area contributed by atoms with Gasteiger partial charge in [-0.15, -0.1) is 10.2 Å². The summed E-state index contributed by atoms with van der Waals surface area (Å²) in [5.74, 6) is 7.43. The molecular formula is C17H12N6O2S. The first kappa shape index (κ1) is 15.0. The molecule has 0 saturated heterocycles. The van der Waals surface area contributed by atoms with E-state index in [0.29, 0.717) is 21.6 Å². The van der Waals surface area contributed by atoms with Crippen LogP contribution in [-0.2, 0) is 0 Å². The minimum absolute atomic E-state index is 0.487. The first-order chi connectivity index (χ1) is 12.7. The molecule has 0 fully saturated rings. The molecule has 0 radical (unpaired) electrons. The number of para-hydroxylation sites is 1. The molecule has 2 N–H and O–H groups in total. The van der Waals surface area contributed by atoms with Crippen LogP contribution in [0.5, 0.6) is 0 Å². The topological polar surface area (TPSA) is 109 Å². The molecule has 26 heavy (non-hydrogen) atoms. The Morgan fingerprint density at radius 2 is 2.00 bits per heavy atom. The number of rotatable bonds is 3. The van der Waals surface area contributed by atoms with Gasteiger partial charge in [0.05, 0.1) is 11.8 Å². The maximum absolute atomic E-state index is 6.19. The smallest absolute Gasteiger partial charge is 0.216 e. The van der Waals surface area contributed by atoms with Crippen molar-refractivity contribution in [1.29, 1.82) is 0 Å². The SMILES string of the molecule is Cc1occc1-c1nnc(Sc2ncnc3c2oc2ccccc23)n1N. The third-order valence-electron chi connectivity index (χ3n) is 4.08. The summed E-state index contributed by atoms with van der Waals surface area (Å²) in [5.41, 5.74) is 2.91. The fraction of sp³-hybridized carbons (Fsp3) is 0.0588. The molecule has 0 spiro atoms. The Morgan fingerprint density at radius 3 is 2.85 bits per heavy atom. The second-order valence-corrected chi connectivity index (χ2v) is 6.58. The summed E-state index contributed by atoms with van der Waals surface area (Å²) in [7, 11) is 0. The van der Waals surface area contributed by atoms with Crippen molar-refractivity contribution in [1.82, 2.24) is 24.8 Å². The summed E-state index contributed by atoms with van der Waals surface area (Å²) in [4.78, 5) is 8.68. The van der Waals surface area contributed by atoms with Crippen molar-refractivity contribution in [2.45, 2.75) is 17.1 Å². The standard InChI is InChI=1S/C17H12N6O2S/c1-9-10(6-7-24-9)15-21-22-17(23(15)18)26-16-14-13(19-8-20-16)11-4-2-3-5-12(11)25-14/h2-8H,18H2,1H3. The number of fused-ring (bicyclic) bond motifs is 3. The molecule has 4 aromatic heterocycles. The largest absolute Gasteiger partial charge is 0.469 e. The number of furan rings is 2. The molecule has 5 aromatic rings. The first-order valence-corrected chi connectivity index (χ1v) is 8.59. The highest BCUT2D eigenvalue weighted by Gasteiger charge is 2.19. The van der Waals surface area contributed by atoms with Crippen molar-refractivity contribution >= 4 is 33.8 Å². The quantitative estimate of drug-likeness (QED) is 0.383. The minimum atomic E-state index is 0.487.